The van der Waals surface area contributed by atoms with Crippen LogP contribution in [-0.4, -0.2) is 31.2 Å². The Morgan fingerprint density at radius 1 is 1.38 bits per heavy atom. The fraction of sp³-hybridized carbons (Fsp3) is 0.533. The Kier molecular flexibility index (Phi) is 6.82. The molecule has 0 saturated carbocycles. The summed E-state index contributed by atoms with van der Waals surface area (Å²) in [4.78, 5) is 4.03. The van der Waals surface area contributed by atoms with E-state index in [0.717, 1.165) is 6.42 Å². The summed E-state index contributed by atoms with van der Waals surface area (Å²) in [6.07, 6.45) is 3.89. The summed E-state index contributed by atoms with van der Waals surface area (Å²) < 4.78 is 27.4. The molecule has 0 aromatic carbocycles. The number of aromatic nitrogens is 1. The first-order valence-electron chi connectivity index (χ1n) is 6.97. The van der Waals surface area contributed by atoms with Gasteiger partial charge in [0.1, 0.15) is 4.90 Å². The van der Waals surface area contributed by atoms with Gasteiger partial charge in [-0.2, -0.15) is 0 Å². The van der Waals surface area contributed by atoms with E-state index >= 15 is 0 Å². The van der Waals surface area contributed by atoms with Gasteiger partial charge in [-0.1, -0.05) is 32.6 Å². The first-order valence-corrected chi connectivity index (χ1v) is 8.46. The molecule has 1 heterocycles. The third-order valence-electron chi connectivity index (χ3n) is 3.04. The number of aliphatic hydroxyl groups excluding tert-OH is 1. The number of nitrogens with one attached hydrogen (secondary N) is 1. The van der Waals surface area contributed by atoms with Crippen molar-refractivity contribution < 1.29 is 13.5 Å². The molecule has 21 heavy (non-hydrogen) atoms. The molecule has 1 unspecified atom stereocenters. The van der Waals surface area contributed by atoms with Gasteiger partial charge in [-0.25, -0.2) is 13.1 Å². The van der Waals surface area contributed by atoms with Crippen molar-refractivity contribution in [1.29, 1.82) is 0 Å². The summed E-state index contributed by atoms with van der Waals surface area (Å²) in [5, 5.41) is 8.68. The summed E-state index contributed by atoms with van der Waals surface area (Å²) in [7, 11) is -3.60. The Balaban J connectivity index is 2.99. The summed E-state index contributed by atoms with van der Waals surface area (Å²) in [6, 6.07) is 1.38. The molecule has 0 radical (unpaired) electrons. The molecule has 1 aromatic heterocycles. The van der Waals surface area contributed by atoms with Crippen molar-refractivity contribution >= 4 is 10.0 Å². The summed E-state index contributed by atoms with van der Waals surface area (Å²) in [5.41, 5.74) is 0.518. The summed E-state index contributed by atoms with van der Waals surface area (Å²) >= 11 is 0. The number of nitrogens with zero attached hydrogens (tertiary/aromatic N) is 1. The van der Waals surface area contributed by atoms with E-state index < -0.39 is 10.0 Å². The molecule has 1 atom stereocenters. The standard InChI is InChI=1S/C15H22N2O3S/c1-4-15(12(2)3)17-21(19,20)14-9-13(10-16-11-14)7-5-6-8-18/h9-12,15,17-18H,4,6,8H2,1-3H3. The topological polar surface area (TPSA) is 79.3 Å². The van der Waals surface area contributed by atoms with Crippen molar-refractivity contribution in [2.45, 2.75) is 44.6 Å². The zero-order valence-corrected chi connectivity index (χ0v) is 13.4. The van der Waals surface area contributed by atoms with Crippen LogP contribution < -0.4 is 4.72 Å². The Hall–Kier alpha value is -1.42. The minimum Gasteiger partial charge on any atom is -0.395 e. The fourth-order valence-electron chi connectivity index (χ4n) is 1.81. The van der Waals surface area contributed by atoms with Crippen LogP contribution in [0, 0.1) is 17.8 Å². The zero-order chi connectivity index (χ0) is 15.9. The Labute approximate surface area is 126 Å². The van der Waals surface area contributed by atoms with E-state index in [0.29, 0.717) is 12.0 Å². The number of aliphatic hydroxyl groups is 1. The van der Waals surface area contributed by atoms with Gasteiger partial charge in [0.05, 0.1) is 6.61 Å². The fourth-order valence-corrected chi connectivity index (χ4v) is 3.27. The van der Waals surface area contributed by atoms with Crippen molar-refractivity contribution in [2.24, 2.45) is 5.92 Å². The van der Waals surface area contributed by atoms with Crippen LogP contribution in [0.5, 0.6) is 0 Å². The Morgan fingerprint density at radius 3 is 2.67 bits per heavy atom. The van der Waals surface area contributed by atoms with Crippen LogP contribution in [0.2, 0.25) is 0 Å². The first kappa shape index (κ1) is 17.6. The van der Waals surface area contributed by atoms with Gasteiger partial charge in [-0.15, -0.1) is 0 Å². The number of sulfonamides is 1. The average Bonchev–Trinajstić information content (AvgIpc) is 2.45. The average molecular weight is 310 g/mol. The highest BCUT2D eigenvalue weighted by Crippen LogP contribution is 2.13. The third kappa shape index (κ3) is 5.46. The number of hydrogen-bond acceptors (Lipinski definition) is 4. The Bertz CT molecular complexity index is 615. The predicted octanol–water partition coefficient (Wildman–Crippen LogP) is 1.53. The summed E-state index contributed by atoms with van der Waals surface area (Å²) in [5.74, 6) is 5.74. The van der Waals surface area contributed by atoms with E-state index in [2.05, 4.69) is 21.5 Å². The van der Waals surface area contributed by atoms with E-state index in [1.54, 1.807) is 0 Å². The van der Waals surface area contributed by atoms with Gasteiger partial charge in [0, 0.05) is 30.4 Å². The maximum absolute atomic E-state index is 12.3. The molecule has 116 valence electrons. The third-order valence-corrected chi connectivity index (χ3v) is 4.50. The molecule has 0 spiro atoms. The number of rotatable bonds is 6. The lowest BCUT2D eigenvalue weighted by Crippen LogP contribution is -2.38. The van der Waals surface area contributed by atoms with Crippen LogP contribution in [0.3, 0.4) is 0 Å². The van der Waals surface area contributed by atoms with Crippen molar-refractivity contribution in [3.63, 3.8) is 0 Å². The zero-order valence-electron chi connectivity index (χ0n) is 12.6. The van der Waals surface area contributed by atoms with Crippen LogP contribution in [-0.2, 0) is 10.0 Å². The maximum Gasteiger partial charge on any atom is 0.242 e. The van der Waals surface area contributed by atoms with Gasteiger partial charge in [-0.3, -0.25) is 4.98 Å². The van der Waals surface area contributed by atoms with E-state index in [9.17, 15) is 8.42 Å². The monoisotopic (exact) mass is 310 g/mol. The molecule has 0 bridgehead atoms. The maximum atomic E-state index is 12.3. The number of pyridine rings is 1. The van der Waals surface area contributed by atoms with Crippen molar-refractivity contribution in [3.05, 3.63) is 24.0 Å². The summed E-state index contributed by atoms with van der Waals surface area (Å²) in [6.45, 7) is 5.88. The first-order chi connectivity index (χ1) is 9.90. The van der Waals surface area contributed by atoms with E-state index in [1.165, 1.54) is 18.5 Å². The molecule has 0 aliphatic carbocycles. The molecule has 0 fully saturated rings. The normalized spacial score (nSPS) is 12.8. The minimum absolute atomic E-state index is 0.0213. The number of hydrogen-bond donors (Lipinski definition) is 2. The lowest BCUT2D eigenvalue weighted by Gasteiger charge is -2.20. The highest BCUT2D eigenvalue weighted by Gasteiger charge is 2.21. The molecular weight excluding hydrogens is 288 g/mol. The van der Waals surface area contributed by atoms with E-state index in [1.807, 2.05) is 20.8 Å². The minimum atomic E-state index is -3.60. The second-order valence-corrected chi connectivity index (χ2v) is 6.78. The highest BCUT2D eigenvalue weighted by molar-refractivity contribution is 7.89. The molecule has 0 amide bonds. The molecule has 0 saturated heterocycles. The smallest absolute Gasteiger partial charge is 0.242 e. The second kappa shape index (κ2) is 8.13. The van der Waals surface area contributed by atoms with Gasteiger partial charge in [-0.05, 0) is 18.4 Å². The van der Waals surface area contributed by atoms with Crippen LogP contribution in [0.1, 0.15) is 39.2 Å². The van der Waals surface area contributed by atoms with Crippen molar-refractivity contribution in [1.82, 2.24) is 9.71 Å². The highest BCUT2D eigenvalue weighted by atomic mass is 32.2. The largest absolute Gasteiger partial charge is 0.395 e. The lowest BCUT2D eigenvalue weighted by atomic mass is 10.0. The molecular formula is C15H22N2O3S. The van der Waals surface area contributed by atoms with Gasteiger partial charge >= 0.3 is 0 Å². The quantitative estimate of drug-likeness (QED) is 0.781. The molecule has 1 rings (SSSR count). The lowest BCUT2D eigenvalue weighted by molar-refractivity contribution is 0.305. The van der Waals surface area contributed by atoms with Crippen molar-refractivity contribution in [3.8, 4) is 11.8 Å². The second-order valence-electron chi connectivity index (χ2n) is 5.06. The molecule has 1 aromatic rings. The van der Waals surface area contributed by atoms with Gasteiger partial charge in [0.15, 0.2) is 0 Å². The van der Waals surface area contributed by atoms with Gasteiger partial charge < -0.3 is 5.11 Å². The predicted molar refractivity (Wildman–Crippen MR) is 82.1 cm³/mol. The Morgan fingerprint density at radius 2 is 2.10 bits per heavy atom. The van der Waals surface area contributed by atoms with Crippen molar-refractivity contribution in [2.75, 3.05) is 6.61 Å². The van der Waals surface area contributed by atoms with E-state index in [4.69, 9.17) is 5.11 Å². The van der Waals surface area contributed by atoms with Gasteiger partial charge in [0.2, 0.25) is 10.0 Å². The molecule has 5 nitrogen and oxygen atoms in total. The van der Waals surface area contributed by atoms with Crippen LogP contribution >= 0.6 is 0 Å². The molecule has 6 heteroatoms. The van der Waals surface area contributed by atoms with Crippen LogP contribution in [0.4, 0.5) is 0 Å². The molecule has 2 N–H and O–H groups in total. The van der Waals surface area contributed by atoms with Gasteiger partial charge in [0.25, 0.3) is 0 Å². The molecule has 0 aliphatic heterocycles. The SMILES string of the molecule is CCC(NS(=O)(=O)c1cncc(C#CCCO)c1)C(C)C. The van der Waals surface area contributed by atoms with Crippen LogP contribution in [0.15, 0.2) is 23.4 Å². The van der Waals surface area contributed by atoms with E-state index in [-0.39, 0.29) is 23.5 Å². The molecule has 0 aliphatic rings. The van der Waals surface area contributed by atoms with Crippen LogP contribution in [0.25, 0.3) is 0 Å².